The van der Waals surface area contributed by atoms with E-state index in [1.807, 2.05) is 4.90 Å². The fourth-order valence-electron chi connectivity index (χ4n) is 2.68. The molecule has 3 unspecified atom stereocenters. The predicted octanol–water partition coefficient (Wildman–Crippen LogP) is 0.845. The molecule has 14 heavy (non-hydrogen) atoms. The number of likely N-dealkylation sites (tertiary alicyclic amines) is 1. The van der Waals surface area contributed by atoms with Gasteiger partial charge in [-0.05, 0) is 18.8 Å². The van der Waals surface area contributed by atoms with E-state index >= 15 is 0 Å². The average molecular weight is 218 g/mol. The minimum absolute atomic E-state index is 0.140. The Morgan fingerprint density at radius 3 is 2.86 bits per heavy atom. The molecule has 1 amide bonds. The molecule has 1 aliphatic carbocycles. The molecular weight excluding hydrogens is 202 g/mol. The van der Waals surface area contributed by atoms with Crippen LogP contribution >= 0.6 is 11.6 Å². The maximum Gasteiger partial charge on any atom is 0.223 e. The van der Waals surface area contributed by atoms with E-state index in [1.54, 1.807) is 0 Å². The Bertz CT molecular complexity index is 234. The SMILES string of the molecule is O=C(CCCl)N1CC2CCC(O)C2C1. The van der Waals surface area contributed by atoms with Crippen molar-refractivity contribution in [1.29, 1.82) is 0 Å². The lowest BCUT2D eigenvalue weighted by molar-refractivity contribution is -0.130. The second kappa shape index (κ2) is 4.07. The Morgan fingerprint density at radius 2 is 2.21 bits per heavy atom. The number of aliphatic hydroxyl groups excluding tert-OH is 1. The molecule has 0 spiro atoms. The molecule has 1 aliphatic heterocycles. The van der Waals surface area contributed by atoms with E-state index in [9.17, 15) is 9.90 Å². The van der Waals surface area contributed by atoms with Gasteiger partial charge in [-0.15, -0.1) is 11.6 Å². The zero-order chi connectivity index (χ0) is 10.1. The number of carbonyl (C=O) groups is 1. The van der Waals surface area contributed by atoms with Gasteiger partial charge in [0, 0.05) is 31.3 Å². The van der Waals surface area contributed by atoms with E-state index in [4.69, 9.17) is 11.6 Å². The first-order valence-electron chi connectivity index (χ1n) is 5.24. The number of carbonyl (C=O) groups excluding carboxylic acids is 1. The first-order chi connectivity index (χ1) is 6.72. The lowest BCUT2D eigenvalue weighted by Crippen LogP contribution is -2.31. The number of amides is 1. The van der Waals surface area contributed by atoms with Crippen molar-refractivity contribution in [2.75, 3.05) is 19.0 Å². The molecule has 80 valence electrons. The van der Waals surface area contributed by atoms with Crippen molar-refractivity contribution >= 4 is 17.5 Å². The summed E-state index contributed by atoms with van der Waals surface area (Å²) < 4.78 is 0. The van der Waals surface area contributed by atoms with Crippen LogP contribution in [0, 0.1) is 11.8 Å². The minimum atomic E-state index is -0.186. The fourth-order valence-corrected chi connectivity index (χ4v) is 2.84. The van der Waals surface area contributed by atoms with Crippen LogP contribution in [0.25, 0.3) is 0 Å². The normalized spacial score (nSPS) is 36.1. The number of hydrogen-bond acceptors (Lipinski definition) is 2. The van der Waals surface area contributed by atoms with Gasteiger partial charge in [0.1, 0.15) is 0 Å². The largest absolute Gasteiger partial charge is 0.393 e. The third-order valence-electron chi connectivity index (χ3n) is 3.48. The van der Waals surface area contributed by atoms with Crippen LogP contribution in [-0.2, 0) is 4.79 Å². The first kappa shape index (κ1) is 10.2. The lowest BCUT2D eigenvalue weighted by atomic mass is 10.00. The summed E-state index contributed by atoms with van der Waals surface area (Å²) >= 11 is 5.53. The fraction of sp³-hybridized carbons (Fsp3) is 0.900. The summed E-state index contributed by atoms with van der Waals surface area (Å²) in [5.74, 6) is 1.40. The van der Waals surface area contributed by atoms with E-state index in [1.165, 1.54) is 0 Å². The Morgan fingerprint density at radius 1 is 1.43 bits per heavy atom. The summed E-state index contributed by atoms with van der Waals surface area (Å²) in [6.07, 6.45) is 2.22. The van der Waals surface area contributed by atoms with Gasteiger partial charge in [-0.25, -0.2) is 0 Å². The summed E-state index contributed by atoms with van der Waals surface area (Å²) in [6, 6.07) is 0. The molecule has 0 aromatic carbocycles. The van der Waals surface area contributed by atoms with E-state index < -0.39 is 0 Å². The number of nitrogens with zero attached hydrogens (tertiary/aromatic N) is 1. The van der Waals surface area contributed by atoms with Crippen LogP contribution in [0.15, 0.2) is 0 Å². The molecule has 4 heteroatoms. The minimum Gasteiger partial charge on any atom is -0.393 e. The summed E-state index contributed by atoms with van der Waals surface area (Å²) in [7, 11) is 0. The first-order valence-corrected chi connectivity index (χ1v) is 5.77. The Labute approximate surface area is 89.0 Å². The summed E-state index contributed by atoms with van der Waals surface area (Å²) in [4.78, 5) is 13.4. The van der Waals surface area contributed by atoms with Crippen molar-refractivity contribution in [3.05, 3.63) is 0 Å². The zero-order valence-corrected chi connectivity index (χ0v) is 8.91. The molecule has 2 rings (SSSR count). The standard InChI is InChI=1S/C10H16ClNO2/c11-4-3-10(14)12-5-7-1-2-9(13)8(7)6-12/h7-9,13H,1-6H2. The van der Waals surface area contributed by atoms with E-state index in [0.717, 1.165) is 25.9 Å². The Hall–Kier alpha value is -0.280. The number of hydrogen-bond donors (Lipinski definition) is 1. The van der Waals surface area contributed by atoms with Crippen LogP contribution in [0.5, 0.6) is 0 Å². The van der Waals surface area contributed by atoms with Gasteiger partial charge in [-0.3, -0.25) is 4.79 Å². The molecule has 1 saturated carbocycles. The zero-order valence-electron chi connectivity index (χ0n) is 8.16. The van der Waals surface area contributed by atoms with Crippen molar-refractivity contribution in [2.24, 2.45) is 11.8 Å². The third kappa shape index (κ3) is 1.75. The van der Waals surface area contributed by atoms with Gasteiger partial charge < -0.3 is 10.0 Å². The second-order valence-corrected chi connectivity index (χ2v) is 4.68. The predicted molar refractivity (Wildman–Crippen MR) is 54.1 cm³/mol. The molecule has 1 N–H and O–H groups in total. The van der Waals surface area contributed by atoms with Crippen molar-refractivity contribution in [3.63, 3.8) is 0 Å². The maximum atomic E-state index is 11.5. The van der Waals surface area contributed by atoms with Gasteiger partial charge in [0.15, 0.2) is 0 Å². The van der Waals surface area contributed by atoms with E-state index in [-0.39, 0.29) is 12.0 Å². The Balaban J connectivity index is 1.92. The van der Waals surface area contributed by atoms with Gasteiger partial charge in [0.05, 0.1) is 6.10 Å². The monoisotopic (exact) mass is 217 g/mol. The van der Waals surface area contributed by atoms with Crippen LogP contribution in [-0.4, -0.2) is 41.0 Å². The molecule has 0 radical (unpaired) electrons. The van der Waals surface area contributed by atoms with E-state index in [0.29, 0.717) is 24.1 Å². The highest BCUT2D eigenvalue weighted by Crippen LogP contribution is 2.38. The van der Waals surface area contributed by atoms with Crippen LogP contribution in [0.2, 0.25) is 0 Å². The molecule has 1 heterocycles. The number of rotatable bonds is 2. The molecular formula is C10H16ClNO2. The highest BCUT2D eigenvalue weighted by molar-refractivity contribution is 6.18. The molecule has 3 nitrogen and oxygen atoms in total. The summed E-state index contributed by atoms with van der Waals surface area (Å²) in [6.45, 7) is 1.57. The van der Waals surface area contributed by atoms with Crippen molar-refractivity contribution in [1.82, 2.24) is 4.90 Å². The summed E-state index contributed by atoms with van der Waals surface area (Å²) in [5, 5.41) is 9.66. The molecule has 0 aromatic rings. The number of alkyl halides is 1. The van der Waals surface area contributed by atoms with E-state index in [2.05, 4.69) is 0 Å². The topological polar surface area (TPSA) is 40.5 Å². The number of aliphatic hydroxyl groups is 1. The number of halogens is 1. The maximum absolute atomic E-state index is 11.5. The third-order valence-corrected chi connectivity index (χ3v) is 3.67. The molecule has 1 saturated heterocycles. The molecule has 0 bridgehead atoms. The van der Waals surface area contributed by atoms with Crippen molar-refractivity contribution < 1.29 is 9.90 Å². The van der Waals surface area contributed by atoms with Gasteiger partial charge in [0.25, 0.3) is 0 Å². The molecule has 2 fully saturated rings. The van der Waals surface area contributed by atoms with Crippen LogP contribution in [0.3, 0.4) is 0 Å². The van der Waals surface area contributed by atoms with Crippen LogP contribution in [0.4, 0.5) is 0 Å². The number of fused-ring (bicyclic) bond motifs is 1. The lowest BCUT2D eigenvalue weighted by Gasteiger charge is -2.17. The Kier molecular flexibility index (Phi) is 2.98. The quantitative estimate of drug-likeness (QED) is 0.697. The molecule has 0 aromatic heterocycles. The molecule has 2 aliphatic rings. The van der Waals surface area contributed by atoms with Gasteiger partial charge in [-0.1, -0.05) is 0 Å². The highest BCUT2D eigenvalue weighted by atomic mass is 35.5. The van der Waals surface area contributed by atoms with Crippen molar-refractivity contribution in [2.45, 2.75) is 25.4 Å². The second-order valence-electron chi connectivity index (χ2n) is 4.31. The molecule has 3 atom stereocenters. The van der Waals surface area contributed by atoms with Gasteiger partial charge in [-0.2, -0.15) is 0 Å². The van der Waals surface area contributed by atoms with Crippen LogP contribution in [0.1, 0.15) is 19.3 Å². The van der Waals surface area contributed by atoms with Crippen LogP contribution < -0.4 is 0 Å². The highest BCUT2D eigenvalue weighted by Gasteiger charge is 2.42. The van der Waals surface area contributed by atoms with Gasteiger partial charge in [0.2, 0.25) is 5.91 Å². The average Bonchev–Trinajstić information content (AvgIpc) is 2.69. The van der Waals surface area contributed by atoms with Crippen molar-refractivity contribution in [3.8, 4) is 0 Å². The summed E-state index contributed by atoms with van der Waals surface area (Å²) in [5.41, 5.74) is 0. The van der Waals surface area contributed by atoms with Gasteiger partial charge >= 0.3 is 0 Å². The smallest absolute Gasteiger partial charge is 0.223 e.